The van der Waals surface area contributed by atoms with Gasteiger partial charge in [0, 0.05) is 19.3 Å². The van der Waals surface area contributed by atoms with Gasteiger partial charge in [0.05, 0.1) is 0 Å². The fourth-order valence-electron chi connectivity index (χ4n) is 8.92. The molecule has 70 heavy (non-hydrogen) atoms. The van der Waals surface area contributed by atoms with E-state index in [1.807, 2.05) is 0 Å². The standard InChI is InChI=1S/C64H116O6/c1-4-7-10-13-16-19-22-25-27-29-30-31-32-33-34-35-37-39-42-45-48-51-54-57-63(66)69-60-61(59-68-62(65)56-53-50-47-44-41-38-24-21-18-15-12-9-6-3)70-64(67)58-55-52-49-46-43-40-36-28-26-23-20-17-14-11-8-5-2/h12,15,21-22,24-25,29-30,61H,4-11,13-14,16-20,23,26-28,31-60H2,1-3H3/b15-12-,24-21-,25-22-,30-29-. The van der Waals surface area contributed by atoms with Gasteiger partial charge in [-0.05, 0) is 77.0 Å². The lowest BCUT2D eigenvalue weighted by molar-refractivity contribution is -0.167. The molecule has 6 nitrogen and oxygen atoms in total. The van der Waals surface area contributed by atoms with Crippen LogP contribution in [0.5, 0.6) is 0 Å². The van der Waals surface area contributed by atoms with Gasteiger partial charge in [0.2, 0.25) is 0 Å². The average Bonchev–Trinajstić information content (AvgIpc) is 3.36. The Labute approximate surface area is 435 Å². The van der Waals surface area contributed by atoms with Gasteiger partial charge in [-0.3, -0.25) is 14.4 Å². The first-order valence-corrected chi connectivity index (χ1v) is 30.6. The van der Waals surface area contributed by atoms with Crippen molar-refractivity contribution in [1.29, 1.82) is 0 Å². The highest BCUT2D eigenvalue weighted by atomic mass is 16.6. The summed E-state index contributed by atoms with van der Waals surface area (Å²) in [6, 6.07) is 0. The van der Waals surface area contributed by atoms with Gasteiger partial charge in [-0.1, -0.05) is 275 Å². The Morgan fingerprint density at radius 3 is 0.843 bits per heavy atom. The van der Waals surface area contributed by atoms with Crippen LogP contribution in [0.4, 0.5) is 0 Å². The van der Waals surface area contributed by atoms with Crippen LogP contribution >= 0.6 is 0 Å². The van der Waals surface area contributed by atoms with E-state index in [-0.39, 0.29) is 31.1 Å². The fraction of sp³-hybridized carbons (Fsp3) is 0.828. The molecule has 0 saturated heterocycles. The van der Waals surface area contributed by atoms with Crippen molar-refractivity contribution in [2.75, 3.05) is 13.2 Å². The summed E-state index contributed by atoms with van der Waals surface area (Å²) in [5.41, 5.74) is 0. The van der Waals surface area contributed by atoms with E-state index >= 15 is 0 Å². The third-order valence-corrected chi connectivity index (χ3v) is 13.5. The lowest BCUT2D eigenvalue weighted by Gasteiger charge is -2.18. The molecule has 1 atom stereocenters. The number of ether oxygens (including phenoxy) is 3. The summed E-state index contributed by atoms with van der Waals surface area (Å²) >= 11 is 0. The summed E-state index contributed by atoms with van der Waals surface area (Å²) in [6.45, 7) is 6.60. The topological polar surface area (TPSA) is 78.9 Å². The highest BCUT2D eigenvalue weighted by molar-refractivity contribution is 5.71. The third kappa shape index (κ3) is 56.3. The van der Waals surface area contributed by atoms with Gasteiger partial charge in [0.1, 0.15) is 13.2 Å². The van der Waals surface area contributed by atoms with Crippen molar-refractivity contribution >= 4 is 17.9 Å². The van der Waals surface area contributed by atoms with Gasteiger partial charge >= 0.3 is 17.9 Å². The molecule has 0 fully saturated rings. The van der Waals surface area contributed by atoms with Crippen LogP contribution in [0.15, 0.2) is 48.6 Å². The van der Waals surface area contributed by atoms with Gasteiger partial charge in [0.25, 0.3) is 0 Å². The molecule has 0 heterocycles. The molecule has 6 heteroatoms. The van der Waals surface area contributed by atoms with Crippen molar-refractivity contribution in [2.45, 2.75) is 329 Å². The molecule has 408 valence electrons. The SMILES string of the molecule is CCC/C=C\C/C=C\CCCCCCCC(=O)OCC(COC(=O)CCCCCCCCCCCCC/C=C\C/C=C\CCCCCCC)OC(=O)CCCCCCCCCCCCCCCCCC. The number of carbonyl (C=O) groups is 3. The molecule has 0 aliphatic rings. The number of hydrogen-bond acceptors (Lipinski definition) is 6. The molecule has 0 radical (unpaired) electrons. The van der Waals surface area contributed by atoms with Crippen molar-refractivity contribution in [3.8, 4) is 0 Å². The zero-order valence-electron chi connectivity index (χ0n) is 46.8. The van der Waals surface area contributed by atoms with Crippen molar-refractivity contribution in [2.24, 2.45) is 0 Å². The first kappa shape index (κ1) is 67.4. The van der Waals surface area contributed by atoms with Crippen molar-refractivity contribution in [3.63, 3.8) is 0 Å². The molecule has 0 aromatic rings. The average molecular weight is 982 g/mol. The first-order valence-electron chi connectivity index (χ1n) is 30.6. The second-order valence-electron chi connectivity index (χ2n) is 20.6. The van der Waals surface area contributed by atoms with E-state index in [9.17, 15) is 14.4 Å². The van der Waals surface area contributed by atoms with E-state index in [1.165, 1.54) is 193 Å². The predicted octanol–water partition coefficient (Wildman–Crippen LogP) is 20.6. The maximum atomic E-state index is 12.9. The van der Waals surface area contributed by atoms with E-state index in [0.717, 1.165) is 89.9 Å². The Kier molecular flexibility index (Phi) is 56.7. The van der Waals surface area contributed by atoms with E-state index < -0.39 is 6.10 Å². The summed E-state index contributed by atoms with van der Waals surface area (Å²) < 4.78 is 16.9. The summed E-state index contributed by atoms with van der Waals surface area (Å²) in [7, 11) is 0. The molecular weight excluding hydrogens is 865 g/mol. The van der Waals surface area contributed by atoms with Gasteiger partial charge in [0.15, 0.2) is 6.10 Å². The highest BCUT2D eigenvalue weighted by Crippen LogP contribution is 2.17. The second kappa shape index (κ2) is 58.9. The molecule has 0 spiro atoms. The zero-order valence-corrected chi connectivity index (χ0v) is 46.8. The van der Waals surface area contributed by atoms with Gasteiger partial charge in [-0.2, -0.15) is 0 Å². The van der Waals surface area contributed by atoms with Crippen LogP contribution in [0, 0.1) is 0 Å². The number of allylic oxidation sites excluding steroid dienone is 8. The number of hydrogen-bond donors (Lipinski definition) is 0. The van der Waals surface area contributed by atoms with Gasteiger partial charge in [-0.25, -0.2) is 0 Å². The van der Waals surface area contributed by atoms with Crippen LogP contribution in [-0.2, 0) is 28.6 Å². The van der Waals surface area contributed by atoms with Gasteiger partial charge < -0.3 is 14.2 Å². The Morgan fingerprint density at radius 2 is 0.543 bits per heavy atom. The number of carbonyl (C=O) groups excluding carboxylic acids is 3. The molecule has 0 aromatic heterocycles. The van der Waals surface area contributed by atoms with E-state index in [4.69, 9.17) is 14.2 Å². The van der Waals surface area contributed by atoms with Crippen LogP contribution in [0.25, 0.3) is 0 Å². The van der Waals surface area contributed by atoms with E-state index in [1.54, 1.807) is 0 Å². The van der Waals surface area contributed by atoms with E-state index in [2.05, 4.69) is 69.4 Å². The fourth-order valence-corrected chi connectivity index (χ4v) is 8.92. The summed E-state index contributed by atoms with van der Waals surface area (Å²) in [6.07, 6.45) is 72.5. The normalized spacial score (nSPS) is 12.3. The third-order valence-electron chi connectivity index (χ3n) is 13.5. The smallest absolute Gasteiger partial charge is 0.306 e. The van der Waals surface area contributed by atoms with Crippen LogP contribution < -0.4 is 0 Å². The van der Waals surface area contributed by atoms with Crippen molar-refractivity contribution in [3.05, 3.63) is 48.6 Å². The summed E-state index contributed by atoms with van der Waals surface area (Å²) in [5.74, 6) is -0.874. The molecule has 0 rings (SSSR count). The Morgan fingerprint density at radius 1 is 0.286 bits per heavy atom. The molecule has 0 aliphatic carbocycles. The summed E-state index contributed by atoms with van der Waals surface area (Å²) in [4.78, 5) is 38.2. The number of unbranched alkanes of at least 4 members (excludes halogenated alkanes) is 37. The Balaban J connectivity index is 4.29. The van der Waals surface area contributed by atoms with Crippen LogP contribution in [0.2, 0.25) is 0 Å². The maximum Gasteiger partial charge on any atom is 0.306 e. The maximum absolute atomic E-state index is 12.9. The zero-order chi connectivity index (χ0) is 50.7. The number of esters is 3. The second-order valence-corrected chi connectivity index (χ2v) is 20.6. The summed E-state index contributed by atoms with van der Waals surface area (Å²) in [5, 5.41) is 0. The highest BCUT2D eigenvalue weighted by Gasteiger charge is 2.19. The minimum Gasteiger partial charge on any atom is -0.462 e. The lowest BCUT2D eigenvalue weighted by atomic mass is 10.0. The van der Waals surface area contributed by atoms with Crippen LogP contribution in [0.3, 0.4) is 0 Å². The van der Waals surface area contributed by atoms with E-state index in [0.29, 0.717) is 19.3 Å². The monoisotopic (exact) mass is 981 g/mol. The number of rotatable bonds is 56. The molecule has 1 unspecified atom stereocenters. The van der Waals surface area contributed by atoms with Crippen molar-refractivity contribution in [1.82, 2.24) is 0 Å². The predicted molar refractivity (Wildman–Crippen MR) is 302 cm³/mol. The van der Waals surface area contributed by atoms with Crippen LogP contribution in [0.1, 0.15) is 323 Å². The molecule has 0 aromatic carbocycles. The molecule has 0 saturated carbocycles. The molecule has 0 N–H and O–H groups in total. The molecular formula is C64H116O6. The minimum absolute atomic E-state index is 0.0755. The van der Waals surface area contributed by atoms with Crippen molar-refractivity contribution < 1.29 is 28.6 Å². The first-order chi connectivity index (χ1) is 34.5. The van der Waals surface area contributed by atoms with Gasteiger partial charge in [-0.15, -0.1) is 0 Å². The largest absolute Gasteiger partial charge is 0.462 e. The molecule has 0 amide bonds. The molecule has 0 aliphatic heterocycles. The molecule has 0 bridgehead atoms. The Hall–Kier alpha value is -2.63. The quantitative estimate of drug-likeness (QED) is 0.0261. The lowest BCUT2D eigenvalue weighted by Crippen LogP contribution is -2.30. The van der Waals surface area contributed by atoms with Crippen LogP contribution in [-0.4, -0.2) is 37.2 Å². The Bertz CT molecular complexity index is 1220. The minimum atomic E-state index is -0.777.